The number of unbranched alkanes of at least 4 members (excludes halogenated alkanes) is 2. The van der Waals surface area contributed by atoms with E-state index in [0.717, 1.165) is 38.5 Å². The quantitative estimate of drug-likeness (QED) is 0.132. The average molecular weight is 856 g/mol. The van der Waals surface area contributed by atoms with Crippen LogP contribution >= 0.6 is 17.0 Å². The molecule has 0 nitrogen and oxygen atoms in total. The molecule has 287 valence electrons. The Morgan fingerprint density at radius 3 is 1.26 bits per heavy atom. The summed E-state index contributed by atoms with van der Waals surface area (Å²) in [7, 11) is 18.0. The Labute approximate surface area is 337 Å². The first kappa shape index (κ1) is 41.7. The van der Waals surface area contributed by atoms with Gasteiger partial charge in [-0.2, -0.15) is 0 Å². The Bertz CT molecular complexity index is 1970. The summed E-state index contributed by atoms with van der Waals surface area (Å²) in [6, 6.07) is 27.8. The third-order valence-corrected chi connectivity index (χ3v) is 64.7. The van der Waals surface area contributed by atoms with E-state index in [1.54, 1.807) is 0 Å². The van der Waals surface area contributed by atoms with E-state index in [0.29, 0.717) is 0 Å². The first-order valence-corrected chi connectivity index (χ1v) is 37.1. The van der Waals surface area contributed by atoms with E-state index >= 15 is 0 Å². The first-order valence-electron chi connectivity index (χ1n) is 20.8. The van der Waals surface area contributed by atoms with Crippen LogP contribution in [0.4, 0.5) is 0 Å². The SMILES string of the molecule is CCCCC1=Cc2c(ccc(C(C)(C)C)c2-c2ccccc2C)[CH]1[Zr]([Cl])([Cl])([CH]1C(CCCC)=Cc2c1ccc(C(C)(C)C)c2-c1ccccc1C)[SiH](C)C. The summed E-state index contributed by atoms with van der Waals surface area (Å²) >= 11 is -5.01. The molecule has 0 amide bonds. The Hall–Kier alpha value is -1.96. The molecule has 0 saturated carbocycles. The number of hydrogen-bond donors (Lipinski definition) is 0. The van der Waals surface area contributed by atoms with Gasteiger partial charge in [0, 0.05) is 0 Å². The second-order valence-electron chi connectivity index (χ2n) is 19.0. The van der Waals surface area contributed by atoms with Crippen molar-refractivity contribution in [3.05, 3.63) is 128 Å². The normalized spacial score (nSPS) is 17.9. The molecular weight excluding hydrogens is 791 g/mol. The van der Waals surface area contributed by atoms with E-state index in [9.17, 15) is 0 Å². The van der Waals surface area contributed by atoms with E-state index < -0.39 is 21.5 Å². The van der Waals surface area contributed by atoms with Gasteiger partial charge in [-0.1, -0.05) is 0 Å². The average Bonchev–Trinajstić information content (AvgIpc) is 3.68. The van der Waals surface area contributed by atoms with Crippen LogP contribution in [0.2, 0.25) is 13.1 Å². The van der Waals surface area contributed by atoms with E-state index in [1.165, 1.54) is 77.9 Å². The Kier molecular flexibility index (Phi) is 11.9. The number of halogens is 2. The maximum atomic E-state index is 9.02. The number of aryl methyl sites for hydroxylation is 2. The third-order valence-electron chi connectivity index (χ3n) is 12.9. The molecule has 4 heteroatoms. The molecule has 0 saturated heterocycles. The minimum absolute atomic E-state index is 0.0217. The predicted octanol–water partition coefficient (Wildman–Crippen LogP) is 16.2. The van der Waals surface area contributed by atoms with Crippen LogP contribution in [0.25, 0.3) is 34.4 Å². The zero-order valence-electron chi connectivity index (χ0n) is 35.3. The third kappa shape index (κ3) is 7.12. The summed E-state index contributed by atoms with van der Waals surface area (Å²) in [6.07, 6.45) is 11.9. The number of benzene rings is 4. The van der Waals surface area contributed by atoms with Crippen molar-refractivity contribution in [1.29, 1.82) is 0 Å². The zero-order chi connectivity index (χ0) is 39.4. The van der Waals surface area contributed by atoms with Crippen molar-refractivity contribution in [1.82, 2.24) is 0 Å². The Morgan fingerprint density at radius 2 is 0.944 bits per heavy atom. The van der Waals surface area contributed by atoms with Gasteiger partial charge in [0.25, 0.3) is 0 Å². The van der Waals surface area contributed by atoms with Gasteiger partial charge < -0.3 is 0 Å². The molecule has 2 unspecified atom stereocenters. The van der Waals surface area contributed by atoms with Gasteiger partial charge in [-0.05, 0) is 0 Å². The topological polar surface area (TPSA) is 0 Å². The van der Waals surface area contributed by atoms with Gasteiger partial charge in [-0.25, -0.2) is 0 Å². The van der Waals surface area contributed by atoms with Gasteiger partial charge in [0.1, 0.15) is 0 Å². The van der Waals surface area contributed by atoms with Crippen LogP contribution in [0.15, 0.2) is 83.9 Å². The molecule has 54 heavy (non-hydrogen) atoms. The second kappa shape index (κ2) is 15.4. The fraction of sp³-hybridized carbons (Fsp3) is 0.440. The molecule has 0 spiro atoms. The number of rotatable bonds is 11. The fourth-order valence-corrected chi connectivity index (χ4v) is 41.4. The molecule has 0 aliphatic heterocycles. The minimum atomic E-state index is -5.01. The number of fused-ring (bicyclic) bond motifs is 2. The molecule has 0 fully saturated rings. The van der Waals surface area contributed by atoms with Crippen molar-refractivity contribution in [2.45, 2.75) is 139 Å². The molecule has 4 aromatic rings. The summed E-state index contributed by atoms with van der Waals surface area (Å²) in [4.78, 5) is 0. The molecular formula is C50H65Cl2SiZr. The molecule has 4 aromatic carbocycles. The van der Waals surface area contributed by atoms with Gasteiger partial charge in [0.2, 0.25) is 0 Å². The molecule has 6 rings (SSSR count). The predicted molar refractivity (Wildman–Crippen MR) is 242 cm³/mol. The van der Waals surface area contributed by atoms with E-state index in [4.69, 9.17) is 17.0 Å². The Morgan fingerprint density at radius 1 is 0.574 bits per heavy atom. The molecule has 0 aromatic heterocycles. The van der Waals surface area contributed by atoms with Crippen molar-refractivity contribution in [3.63, 3.8) is 0 Å². The zero-order valence-corrected chi connectivity index (χ0v) is 40.4. The van der Waals surface area contributed by atoms with E-state index in [2.05, 4.69) is 167 Å². The second-order valence-corrected chi connectivity index (χ2v) is 61.5. The van der Waals surface area contributed by atoms with Gasteiger partial charge in [-0.3, -0.25) is 0 Å². The summed E-state index contributed by atoms with van der Waals surface area (Å²) in [5, 5.41) is 0. The monoisotopic (exact) mass is 853 g/mol. The van der Waals surface area contributed by atoms with Crippen LogP contribution in [-0.2, 0) is 26.4 Å². The summed E-state index contributed by atoms with van der Waals surface area (Å²) in [5.74, 6) is -1.72. The van der Waals surface area contributed by atoms with Crippen molar-refractivity contribution in [2.24, 2.45) is 0 Å². The molecule has 0 N–H and O–H groups in total. The van der Waals surface area contributed by atoms with Crippen LogP contribution in [-0.4, -0.2) is 5.92 Å². The van der Waals surface area contributed by atoms with Crippen molar-refractivity contribution in [2.75, 3.05) is 0 Å². The fourth-order valence-electron chi connectivity index (χ4n) is 9.89. The summed E-state index contributed by atoms with van der Waals surface area (Å²) in [5.41, 5.74) is 19.4. The van der Waals surface area contributed by atoms with Crippen molar-refractivity contribution >= 4 is 35.1 Å². The Balaban J connectivity index is 1.71. The van der Waals surface area contributed by atoms with Gasteiger partial charge >= 0.3 is 340 Å². The van der Waals surface area contributed by atoms with E-state index in [1.807, 2.05) is 0 Å². The standard InChI is InChI=1S/2C24H29.C2H7Si.2ClH.Zr/c2*1-6-7-11-18-15-19-13-14-22(24(3,4)5)23(21(19)16-18)20-12-9-8-10-17(20)2;1-3-2;;;/h2*8-10,12-16H,6-7,11H2,1-5H3;3H,1-2H3;2*1H;/q;;;;;+2/p-2. The molecule has 2 aliphatic carbocycles. The van der Waals surface area contributed by atoms with Crippen LogP contribution < -0.4 is 0 Å². The van der Waals surface area contributed by atoms with Crippen LogP contribution in [0, 0.1) is 13.8 Å². The first-order chi connectivity index (χ1) is 25.4. The molecule has 0 radical (unpaired) electrons. The van der Waals surface area contributed by atoms with Crippen molar-refractivity contribution in [3.8, 4) is 22.3 Å². The molecule has 0 bridgehead atoms. The van der Waals surface area contributed by atoms with Gasteiger partial charge in [0.05, 0.1) is 0 Å². The molecule has 2 atom stereocenters. The van der Waals surface area contributed by atoms with Crippen LogP contribution in [0.5, 0.6) is 0 Å². The van der Waals surface area contributed by atoms with Gasteiger partial charge in [-0.15, -0.1) is 0 Å². The number of allylic oxidation sites excluding steroid dienone is 2. The summed E-state index contributed by atoms with van der Waals surface area (Å²) in [6.45, 7) is 28.3. The molecule has 2 aliphatic rings. The van der Waals surface area contributed by atoms with Crippen molar-refractivity contribution < 1.29 is 15.6 Å². The van der Waals surface area contributed by atoms with Gasteiger partial charge in [0.15, 0.2) is 0 Å². The van der Waals surface area contributed by atoms with Crippen LogP contribution in [0.3, 0.4) is 0 Å². The molecule has 0 heterocycles. The van der Waals surface area contributed by atoms with Crippen LogP contribution in [0.1, 0.15) is 146 Å². The van der Waals surface area contributed by atoms with E-state index in [-0.39, 0.29) is 18.1 Å². The maximum absolute atomic E-state index is 9.02. The summed E-state index contributed by atoms with van der Waals surface area (Å²) < 4.78 is 0.176. The number of hydrogen-bond acceptors (Lipinski definition) is 0.